The number of piperazine rings is 1. The van der Waals surface area contributed by atoms with Crippen molar-refractivity contribution in [2.24, 2.45) is 5.92 Å². The summed E-state index contributed by atoms with van der Waals surface area (Å²) >= 11 is 0. The van der Waals surface area contributed by atoms with Crippen molar-refractivity contribution in [3.05, 3.63) is 24.3 Å². The topological polar surface area (TPSA) is 93.8 Å². The molecule has 0 atom stereocenters. The van der Waals surface area contributed by atoms with Crippen molar-refractivity contribution in [1.82, 2.24) is 15.8 Å². The molecule has 0 aromatic heterocycles. The minimum absolute atomic E-state index is 0.169. The molecule has 0 aliphatic carbocycles. The van der Waals surface area contributed by atoms with Gasteiger partial charge in [0.05, 0.1) is 0 Å². The van der Waals surface area contributed by atoms with Crippen molar-refractivity contribution in [2.75, 3.05) is 43.4 Å². The van der Waals surface area contributed by atoms with Crippen LogP contribution in [0.3, 0.4) is 0 Å². The largest absolute Gasteiger partial charge is 0.369 e. The summed E-state index contributed by atoms with van der Waals surface area (Å²) in [6.07, 6.45) is -0.169. The summed E-state index contributed by atoms with van der Waals surface area (Å²) in [7, 11) is 2.11. The molecule has 0 unspecified atom stereocenters. The summed E-state index contributed by atoms with van der Waals surface area (Å²) in [6, 6.07) is 7.60. The molecule has 2 fully saturated rings. The fourth-order valence-electron chi connectivity index (χ4n) is 2.82. The van der Waals surface area contributed by atoms with Crippen LogP contribution in [-0.4, -0.2) is 55.8 Å². The quantitative estimate of drug-likeness (QED) is 0.650. The first kappa shape index (κ1) is 16.3. The maximum absolute atomic E-state index is 12.0. The molecular formula is C16H21N5O3. The van der Waals surface area contributed by atoms with E-state index in [2.05, 4.69) is 33.0 Å². The summed E-state index contributed by atoms with van der Waals surface area (Å²) in [6.45, 7) is 4.02. The lowest BCUT2D eigenvalue weighted by Gasteiger charge is -2.34. The Morgan fingerprint density at radius 3 is 2.25 bits per heavy atom. The lowest BCUT2D eigenvalue weighted by Crippen LogP contribution is -2.44. The number of carbonyl (C=O) groups is 3. The van der Waals surface area contributed by atoms with Gasteiger partial charge in [0.1, 0.15) is 5.92 Å². The predicted molar refractivity (Wildman–Crippen MR) is 89.2 cm³/mol. The first-order valence-electron chi connectivity index (χ1n) is 7.96. The van der Waals surface area contributed by atoms with E-state index in [-0.39, 0.29) is 12.3 Å². The van der Waals surface area contributed by atoms with Crippen LogP contribution < -0.4 is 21.1 Å². The predicted octanol–water partition coefficient (Wildman–Crippen LogP) is -0.456. The van der Waals surface area contributed by atoms with Crippen LogP contribution in [0.2, 0.25) is 0 Å². The van der Waals surface area contributed by atoms with Crippen molar-refractivity contribution in [1.29, 1.82) is 0 Å². The molecule has 2 heterocycles. The molecule has 3 rings (SSSR count). The lowest BCUT2D eigenvalue weighted by molar-refractivity contribution is -0.131. The maximum atomic E-state index is 12.0. The van der Waals surface area contributed by atoms with Crippen molar-refractivity contribution in [2.45, 2.75) is 6.42 Å². The van der Waals surface area contributed by atoms with Gasteiger partial charge in [0.15, 0.2) is 0 Å². The highest BCUT2D eigenvalue weighted by Gasteiger charge is 2.34. The molecule has 0 radical (unpaired) electrons. The first-order chi connectivity index (χ1) is 11.5. The zero-order valence-corrected chi connectivity index (χ0v) is 13.5. The Hall–Kier alpha value is -2.61. The van der Waals surface area contributed by atoms with Crippen molar-refractivity contribution >= 4 is 29.1 Å². The van der Waals surface area contributed by atoms with Crippen molar-refractivity contribution < 1.29 is 14.4 Å². The molecule has 1 aromatic carbocycles. The van der Waals surface area contributed by atoms with Gasteiger partial charge in [-0.25, -0.2) is 0 Å². The van der Waals surface area contributed by atoms with Gasteiger partial charge in [-0.05, 0) is 31.3 Å². The average Bonchev–Trinajstić information content (AvgIpc) is 2.88. The van der Waals surface area contributed by atoms with E-state index < -0.39 is 17.7 Å². The summed E-state index contributed by atoms with van der Waals surface area (Å²) in [5.41, 5.74) is 6.19. The molecule has 2 aliphatic rings. The second-order valence-electron chi connectivity index (χ2n) is 6.12. The molecule has 24 heavy (non-hydrogen) atoms. The van der Waals surface area contributed by atoms with Crippen molar-refractivity contribution in [3.8, 4) is 0 Å². The van der Waals surface area contributed by atoms with E-state index in [1.807, 2.05) is 24.3 Å². The molecule has 2 saturated heterocycles. The second-order valence-corrected chi connectivity index (χ2v) is 6.12. The van der Waals surface area contributed by atoms with E-state index in [1.54, 1.807) is 0 Å². The van der Waals surface area contributed by atoms with E-state index in [0.717, 1.165) is 31.9 Å². The Balaban J connectivity index is 1.55. The summed E-state index contributed by atoms with van der Waals surface area (Å²) in [5.74, 6) is -2.27. The number of carbonyl (C=O) groups excluding carboxylic acids is 3. The van der Waals surface area contributed by atoms with Crippen LogP contribution in [-0.2, 0) is 14.4 Å². The minimum atomic E-state index is -0.963. The molecular weight excluding hydrogens is 310 g/mol. The lowest BCUT2D eigenvalue weighted by atomic mass is 10.1. The van der Waals surface area contributed by atoms with Gasteiger partial charge >= 0.3 is 0 Å². The molecule has 8 nitrogen and oxygen atoms in total. The van der Waals surface area contributed by atoms with Gasteiger partial charge in [-0.3, -0.25) is 25.2 Å². The number of benzene rings is 1. The molecule has 1 aromatic rings. The van der Waals surface area contributed by atoms with Gasteiger partial charge in [0.25, 0.3) is 11.8 Å². The summed E-state index contributed by atoms with van der Waals surface area (Å²) < 4.78 is 0. The molecule has 0 saturated carbocycles. The highest BCUT2D eigenvalue weighted by atomic mass is 16.2. The van der Waals surface area contributed by atoms with Crippen LogP contribution in [0.25, 0.3) is 0 Å². The average molecular weight is 331 g/mol. The monoisotopic (exact) mass is 331 g/mol. The van der Waals surface area contributed by atoms with E-state index in [9.17, 15) is 14.4 Å². The molecule has 0 bridgehead atoms. The standard InChI is InChI=1S/C16H21N5O3/c1-20-6-8-21(9-7-20)12-4-2-11(3-5-12)17-14(22)10-13-15(23)18-19-16(13)24/h2-5,13H,6-10H2,1H3,(H,17,22)(H,18,23)(H,19,24). The SMILES string of the molecule is CN1CCN(c2ccc(NC(=O)CC3C(=O)NNC3=O)cc2)CC1. The summed E-state index contributed by atoms with van der Waals surface area (Å²) in [5, 5.41) is 2.72. The van der Waals surface area contributed by atoms with Gasteiger partial charge in [-0.1, -0.05) is 0 Å². The van der Waals surface area contributed by atoms with Gasteiger partial charge in [-0.15, -0.1) is 0 Å². The highest BCUT2D eigenvalue weighted by Crippen LogP contribution is 2.20. The van der Waals surface area contributed by atoms with Crippen molar-refractivity contribution in [3.63, 3.8) is 0 Å². The molecule has 3 N–H and O–H groups in total. The van der Waals surface area contributed by atoms with Crippen LogP contribution >= 0.6 is 0 Å². The van der Waals surface area contributed by atoms with Crippen LogP contribution in [0.5, 0.6) is 0 Å². The van der Waals surface area contributed by atoms with Gasteiger partial charge < -0.3 is 15.1 Å². The number of hydrogen-bond donors (Lipinski definition) is 3. The van der Waals surface area contributed by atoms with E-state index >= 15 is 0 Å². The van der Waals surface area contributed by atoms with Crippen LogP contribution in [0.4, 0.5) is 11.4 Å². The smallest absolute Gasteiger partial charge is 0.251 e. The van der Waals surface area contributed by atoms with E-state index in [4.69, 9.17) is 0 Å². The Bertz CT molecular complexity index is 622. The van der Waals surface area contributed by atoms with Crippen LogP contribution in [0.15, 0.2) is 24.3 Å². The fourth-order valence-corrected chi connectivity index (χ4v) is 2.82. The Kier molecular flexibility index (Phi) is 4.66. The number of anilines is 2. The first-order valence-corrected chi connectivity index (χ1v) is 7.96. The number of rotatable bonds is 4. The number of hydrazine groups is 1. The zero-order valence-electron chi connectivity index (χ0n) is 13.5. The van der Waals surface area contributed by atoms with Gasteiger partial charge in [0, 0.05) is 44.0 Å². The minimum Gasteiger partial charge on any atom is -0.369 e. The molecule has 8 heteroatoms. The van der Waals surface area contributed by atoms with E-state index in [1.165, 1.54) is 0 Å². The van der Waals surface area contributed by atoms with Crippen LogP contribution in [0, 0.1) is 5.92 Å². The Morgan fingerprint density at radius 2 is 1.67 bits per heavy atom. The Morgan fingerprint density at radius 1 is 1.08 bits per heavy atom. The normalized spacial score (nSPS) is 19.1. The number of hydrogen-bond acceptors (Lipinski definition) is 5. The summed E-state index contributed by atoms with van der Waals surface area (Å²) in [4.78, 5) is 39.5. The number of nitrogens with one attached hydrogen (secondary N) is 3. The van der Waals surface area contributed by atoms with E-state index in [0.29, 0.717) is 5.69 Å². The third-order valence-electron chi connectivity index (χ3n) is 4.35. The highest BCUT2D eigenvalue weighted by molar-refractivity contribution is 6.08. The second kappa shape index (κ2) is 6.88. The maximum Gasteiger partial charge on any atom is 0.251 e. The number of amides is 3. The molecule has 128 valence electrons. The fraction of sp³-hybridized carbons (Fsp3) is 0.438. The number of nitrogens with zero attached hydrogens (tertiary/aromatic N) is 2. The zero-order chi connectivity index (χ0) is 17.1. The molecule has 3 amide bonds. The van der Waals surface area contributed by atoms with Gasteiger partial charge in [-0.2, -0.15) is 0 Å². The third kappa shape index (κ3) is 3.65. The number of likely N-dealkylation sites (N-methyl/N-ethyl adjacent to an activating group) is 1. The Labute approximate surface area is 140 Å². The third-order valence-corrected chi connectivity index (χ3v) is 4.35. The molecule has 0 spiro atoms. The van der Waals surface area contributed by atoms with Crippen LogP contribution in [0.1, 0.15) is 6.42 Å². The van der Waals surface area contributed by atoms with Gasteiger partial charge in [0.2, 0.25) is 5.91 Å². The molecule has 2 aliphatic heterocycles.